The number of phenolic OH excluding ortho intramolecular Hbond substituents is 2. The summed E-state index contributed by atoms with van der Waals surface area (Å²) in [6.45, 7) is 1.09. The molecular formula is C63H73ClN12O14S2. The van der Waals surface area contributed by atoms with Gasteiger partial charge in [-0.25, -0.2) is 0 Å². The Kier molecular flexibility index (Phi) is 25.3. The van der Waals surface area contributed by atoms with Gasteiger partial charge in [0.15, 0.2) is 0 Å². The molecule has 2 saturated heterocycles. The van der Waals surface area contributed by atoms with Gasteiger partial charge < -0.3 is 80.0 Å². The molecule has 92 heavy (non-hydrogen) atoms. The summed E-state index contributed by atoms with van der Waals surface area (Å²) in [6.07, 6.45) is -0.197. The van der Waals surface area contributed by atoms with Gasteiger partial charge in [0.2, 0.25) is 59.1 Å². The second-order valence-electron chi connectivity index (χ2n) is 22.3. The van der Waals surface area contributed by atoms with Gasteiger partial charge in [0.1, 0.15) is 65.4 Å². The van der Waals surface area contributed by atoms with E-state index in [9.17, 15) is 58.5 Å². The molecule has 2 aliphatic rings. The first-order valence-electron chi connectivity index (χ1n) is 29.3. The number of carbonyl (C=O) groups is 11. The van der Waals surface area contributed by atoms with Gasteiger partial charge in [0, 0.05) is 47.6 Å². The van der Waals surface area contributed by atoms with Gasteiger partial charge >= 0.3 is 0 Å². The lowest BCUT2D eigenvalue weighted by molar-refractivity contribution is -0.145. The third kappa shape index (κ3) is 20.1. The van der Waals surface area contributed by atoms with Crippen molar-refractivity contribution in [1.82, 2.24) is 53.2 Å². The second-order valence-corrected chi connectivity index (χ2v) is 25.3. The Hall–Kier alpha value is -9.22. The Labute approximate surface area is 542 Å². The predicted molar refractivity (Wildman–Crippen MR) is 343 cm³/mol. The van der Waals surface area contributed by atoms with Crippen LogP contribution in [0.15, 0.2) is 127 Å². The molecule has 1 unspecified atom stereocenters. The van der Waals surface area contributed by atoms with E-state index in [4.69, 9.17) is 23.1 Å². The van der Waals surface area contributed by atoms with Crippen LogP contribution in [0.25, 0.3) is 0 Å². The number of amides is 11. The first-order valence-corrected chi connectivity index (χ1v) is 32.0. The van der Waals surface area contributed by atoms with Crippen LogP contribution in [0, 0.1) is 0 Å². The zero-order chi connectivity index (χ0) is 66.6. The van der Waals surface area contributed by atoms with Crippen molar-refractivity contribution < 1.29 is 68.1 Å². The van der Waals surface area contributed by atoms with Gasteiger partial charge in [-0.05, 0) is 123 Å². The van der Waals surface area contributed by atoms with Gasteiger partial charge in [0.05, 0.1) is 11.8 Å². The quantitative estimate of drug-likeness (QED) is 0.0298. The molecule has 7 rings (SSSR count). The van der Waals surface area contributed by atoms with E-state index < -0.39 is 136 Å². The number of piperidine rings is 1. The Morgan fingerprint density at radius 2 is 1.16 bits per heavy atom. The van der Waals surface area contributed by atoms with Crippen LogP contribution in [0.1, 0.15) is 69.2 Å². The predicted octanol–water partition coefficient (Wildman–Crippen LogP) is -0.168. The third-order valence-electron chi connectivity index (χ3n) is 15.2. The minimum Gasteiger partial charge on any atom is -0.508 e. The number of nitrogens with one attached hydrogen (secondary N) is 10. The highest BCUT2D eigenvalue weighted by molar-refractivity contribution is 8.77. The van der Waals surface area contributed by atoms with Crippen LogP contribution >= 0.6 is 33.2 Å². The number of hydrogen-bond donors (Lipinski definition) is 15. The summed E-state index contributed by atoms with van der Waals surface area (Å²) in [4.78, 5) is 156. The lowest BCUT2D eigenvalue weighted by atomic mass is 9.83. The lowest BCUT2D eigenvalue weighted by Gasteiger charge is -2.46. The van der Waals surface area contributed by atoms with Gasteiger partial charge in [-0.2, -0.15) is 0 Å². The molecular weight excluding hydrogens is 1250 g/mol. The minimum atomic E-state index is -2.43. The van der Waals surface area contributed by atoms with E-state index in [0.29, 0.717) is 46.7 Å². The fraction of sp³-hybridized carbons (Fsp3) is 0.349. The Bertz CT molecular complexity index is 3460. The maximum atomic E-state index is 15.2. The number of unbranched alkanes of at least 4 members (excludes halogenated alkanes) is 1. The number of halogens is 1. The number of primary amides is 2. The first kappa shape index (κ1) is 70.2. The van der Waals surface area contributed by atoms with E-state index in [1.54, 1.807) is 49.5 Å². The molecule has 17 N–H and O–H groups in total. The van der Waals surface area contributed by atoms with Crippen LogP contribution < -0.4 is 64.6 Å². The SMILES string of the molecule is CNCCCC[C@@H]1NC(=O)[C@@H](Cc2ccc(C(N)=O)cc2)NC(=O)[C@H](Cc2ccc(O)cc2)NC(=O)[C@H](NC(=O)[C@H](Cc2ccc(Cl)cc2)NC(=O)CNC(=O)c2ccccc2)CSSC2[C@@H](C(=O)N[C@H](Cc3ccc(O)cc3)C(N)=O)NC(=O)[C@@H](NC1=O)[C@@]2(C)O. The van der Waals surface area contributed by atoms with Crippen molar-refractivity contribution in [2.45, 2.75) is 111 Å². The molecule has 2 heterocycles. The smallest absolute Gasteiger partial charge is 0.251 e. The van der Waals surface area contributed by atoms with Crippen LogP contribution in [0.5, 0.6) is 11.5 Å². The largest absolute Gasteiger partial charge is 0.508 e. The van der Waals surface area contributed by atoms with Crippen LogP contribution in [-0.2, 0) is 68.8 Å². The minimum absolute atomic E-state index is 0.0417. The molecule has 0 radical (unpaired) electrons. The number of benzene rings is 5. The van der Waals surface area contributed by atoms with Gasteiger partial charge in [0.25, 0.3) is 5.91 Å². The van der Waals surface area contributed by atoms with Crippen molar-refractivity contribution in [2.75, 3.05) is 25.9 Å². The van der Waals surface area contributed by atoms with E-state index in [-0.39, 0.29) is 54.7 Å². The molecule has 0 spiro atoms. The van der Waals surface area contributed by atoms with Crippen LogP contribution in [0.2, 0.25) is 5.02 Å². The van der Waals surface area contributed by atoms with Crippen molar-refractivity contribution in [3.05, 3.63) is 166 Å². The molecule has 26 nitrogen and oxygen atoms in total. The van der Waals surface area contributed by atoms with Crippen LogP contribution in [0.4, 0.5) is 0 Å². The topological polar surface area (TPSA) is 421 Å². The summed E-state index contributed by atoms with van der Waals surface area (Å²) in [6, 6.07) is 18.6. The van der Waals surface area contributed by atoms with Crippen molar-refractivity contribution in [3.8, 4) is 11.5 Å². The number of rotatable bonds is 23. The monoisotopic (exact) mass is 1320 g/mol. The molecule has 11 amide bonds. The molecule has 5 aromatic carbocycles. The summed E-state index contributed by atoms with van der Waals surface area (Å²) < 4.78 is 0. The lowest BCUT2D eigenvalue weighted by Crippen LogP contribution is -2.75. The van der Waals surface area contributed by atoms with E-state index in [0.717, 1.165) is 21.6 Å². The summed E-state index contributed by atoms with van der Waals surface area (Å²) >= 11 is 6.21. The number of nitrogens with two attached hydrogens (primary N) is 2. The fourth-order valence-corrected chi connectivity index (χ4v) is 13.5. The van der Waals surface area contributed by atoms with Crippen molar-refractivity contribution in [2.24, 2.45) is 11.5 Å². The van der Waals surface area contributed by atoms with Crippen LogP contribution in [0.3, 0.4) is 0 Å². The summed E-state index contributed by atoms with van der Waals surface area (Å²) in [7, 11) is 3.25. The van der Waals surface area contributed by atoms with Crippen molar-refractivity contribution in [3.63, 3.8) is 0 Å². The zero-order valence-corrected chi connectivity index (χ0v) is 52.5. The van der Waals surface area contributed by atoms with Gasteiger partial charge in [-0.3, -0.25) is 52.7 Å². The Balaban J connectivity index is 1.30. The standard InChI is InChI=1S/C63H73ClN12O14S2/c1-63(90)51-62(89)75-50(61(88)71-44(54(66)81)28-36-15-23-41(77)24-16-36)52(63)92-91-33-48(74-57(84)45(29-35-13-21-40(64)22-14-35)69-49(79)32-68-55(82)39-8-4-3-5-9-39)60(87)73-47(31-37-17-25-42(78)26-18-37)59(86)72-46(30-34-11-19-38(20-12-34)53(65)80)58(85)70-43(56(83)76-51)10-6-7-27-67-2/h3-5,8-9,11-26,43-48,50-52,67,77-78,90H,6-7,10,27-33H2,1-2H3,(H2,65,80)(H2,66,81)(H,68,82)(H,69,79)(H,70,85)(H,71,88)(H,72,86)(H,73,87)(H,74,84)(H,75,89)(H,76,83)/t43-,44+,45-,46+,47-,48+,50-,51+,52?,63+/m0/s1. The maximum Gasteiger partial charge on any atom is 0.251 e. The first-order chi connectivity index (χ1) is 43.9. The number of hydrogen-bond acceptors (Lipinski definition) is 17. The van der Waals surface area contributed by atoms with E-state index in [1.165, 1.54) is 91.9 Å². The highest BCUT2D eigenvalue weighted by Crippen LogP contribution is 2.40. The third-order valence-corrected chi connectivity index (χ3v) is 18.5. The normalized spacial score (nSPS) is 22.0. The molecule has 2 bridgehead atoms. The molecule has 488 valence electrons. The number of fused-ring (bicyclic) bond motifs is 2. The van der Waals surface area contributed by atoms with E-state index >= 15 is 9.59 Å². The molecule has 2 aliphatic heterocycles. The van der Waals surface area contributed by atoms with Gasteiger partial charge in [-0.15, -0.1) is 0 Å². The van der Waals surface area contributed by atoms with Gasteiger partial charge in [-0.1, -0.05) is 99.9 Å². The summed E-state index contributed by atoms with van der Waals surface area (Å²) in [5.74, 6) is -10.8. The molecule has 2 fully saturated rings. The van der Waals surface area contributed by atoms with Crippen LogP contribution in [-0.4, -0.2) is 165 Å². The number of aliphatic hydroxyl groups is 1. The Morgan fingerprint density at radius 3 is 1.74 bits per heavy atom. The maximum absolute atomic E-state index is 15.2. The Morgan fingerprint density at radius 1 is 0.630 bits per heavy atom. The number of carbonyl (C=O) groups excluding carboxylic acids is 11. The number of aromatic hydroxyl groups is 2. The molecule has 29 heteroatoms. The zero-order valence-electron chi connectivity index (χ0n) is 50.1. The van der Waals surface area contributed by atoms with E-state index in [1.807, 2.05) is 0 Å². The molecule has 0 saturated carbocycles. The molecule has 10 atom stereocenters. The average Bonchev–Trinajstić information content (AvgIpc) is 0.778. The summed E-state index contributed by atoms with van der Waals surface area (Å²) in [5, 5.41) is 58.5. The summed E-state index contributed by atoms with van der Waals surface area (Å²) in [5.41, 5.74) is 11.0. The van der Waals surface area contributed by atoms with Crippen molar-refractivity contribution in [1.29, 1.82) is 0 Å². The highest BCUT2D eigenvalue weighted by atomic mass is 35.5. The molecule has 5 aromatic rings. The van der Waals surface area contributed by atoms with Crippen molar-refractivity contribution >= 4 is 98.2 Å². The number of phenols is 2. The van der Waals surface area contributed by atoms with E-state index in [2.05, 4.69) is 53.2 Å². The molecule has 0 aliphatic carbocycles. The molecule has 0 aromatic heterocycles. The average molecular weight is 1320 g/mol. The second kappa shape index (κ2) is 33.2. The fourth-order valence-electron chi connectivity index (χ4n) is 10.1. The highest BCUT2D eigenvalue weighted by Gasteiger charge is 2.56.